The molecule has 0 heterocycles. The van der Waals surface area contributed by atoms with Gasteiger partial charge in [0, 0.05) is 31.9 Å². The van der Waals surface area contributed by atoms with Gasteiger partial charge in [0.2, 0.25) is 0 Å². The zero-order valence-corrected chi connectivity index (χ0v) is 17.4. The van der Waals surface area contributed by atoms with E-state index in [1.807, 2.05) is 64.3 Å². The van der Waals surface area contributed by atoms with Crippen molar-refractivity contribution < 1.29 is 14.5 Å². The fraction of sp³-hybridized carbons (Fsp3) is 0.364. The van der Waals surface area contributed by atoms with Crippen LogP contribution in [-0.2, 0) is 16.1 Å². The molecule has 0 aliphatic heterocycles. The first-order chi connectivity index (χ1) is 13.3. The van der Waals surface area contributed by atoms with E-state index in [1.165, 1.54) is 4.90 Å². The van der Waals surface area contributed by atoms with Gasteiger partial charge in [-0.1, -0.05) is 42.0 Å². The number of carbonyl (C=O) groups is 2. The predicted octanol–water partition coefficient (Wildman–Crippen LogP) is 0.679. The summed E-state index contributed by atoms with van der Waals surface area (Å²) >= 11 is 0. The minimum Gasteiger partial charge on any atom is -0.378 e. The van der Waals surface area contributed by atoms with Crippen LogP contribution in [-0.4, -0.2) is 46.5 Å². The molecule has 2 rings (SSSR count). The molecular weight excluding hydrogens is 352 g/mol. The number of hydrogen-bond acceptors (Lipinski definition) is 3. The Labute approximate surface area is 167 Å². The summed E-state index contributed by atoms with van der Waals surface area (Å²) in [7, 11) is 8.07. The molecule has 1 atom stereocenters. The number of benzene rings is 2. The lowest BCUT2D eigenvalue weighted by atomic mass is 10.1. The molecule has 6 heteroatoms. The third kappa shape index (κ3) is 6.09. The summed E-state index contributed by atoms with van der Waals surface area (Å²) in [5.74, 6) is -1.22. The number of nitrogens with one attached hydrogen (secondary N) is 3. The minimum absolute atomic E-state index is 0.0602. The lowest BCUT2D eigenvalue weighted by molar-refractivity contribution is -0.890. The molecule has 0 bridgehead atoms. The second-order valence-corrected chi connectivity index (χ2v) is 7.49. The van der Waals surface area contributed by atoms with Crippen LogP contribution in [0.5, 0.6) is 0 Å². The molecule has 0 radical (unpaired) electrons. The Balaban J connectivity index is 1.90. The van der Waals surface area contributed by atoms with Gasteiger partial charge in [-0.05, 0) is 24.6 Å². The van der Waals surface area contributed by atoms with Crippen molar-refractivity contribution in [3.63, 3.8) is 0 Å². The number of aryl methyl sites for hydroxylation is 1. The van der Waals surface area contributed by atoms with Crippen molar-refractivity contribution >= 4 is 17.5 Å². The molecule has 28 heavy (non-hydrogen) atoms. The largest absolute Gasteiger partial charge is 0.378 e. The highest BCUT2D eigenvalue weighted by Crippen LogP contribution is 2.16. The van der Waals surface area contributed by atoms with Crippen molar-refractivity contribution in [1.29, 1.82) is 0 Å². The van der Waals surface area contributed by atoms with Crippen molar-refractivity contribution in [2.75, 3.05) is 39.6 Å². The zero-order valence-electron chi connectivity index (χ0n) is 17.4. The number of carbonyl (C=O) groups excluding carboxylic acids is 2. The average Bonchev–Trinajstić information content (AvgIpc) is 2.67. The molecule has 0 aliphatic carbocycles. The monoisotopic (exact) mass is 383 g/mol. The van der Waals surface area contributed by atoms with E-state index in [0.717, 1.165) is 22.4 Å². The highest BCUT2D eigenvalue weighted by molar-refractivity contribution is 6.35. The third-order valence-corrected chi connectivity index (χ3v) is 4.76. The maximum atomic E-state index is 12.2. The highest BCUT2D eigenvalue weighted by Gasteiger charge is 2.21. The van der Waals surface area contributed by atoms with E-state index in [0.29, 0.717) is 13.1 Å². The standard InChI is InChI=1S/C22H30N4O2/c1-16-6-8-17(9-7-16)14-23-21(27)22(28)24-15-20(26(4)5)18-10-12-19(13-11-18)25(2)3/h6-13,20H,14-15H2,1-5H3,(H,23,27)(H,24,28)/p+1/t20-/m1/s1. The molecule has 0 saturated carbocycles. The maximum Gasteiger partial charge on any atom is 0.309 e. The number of hydrogen-bond donors (Lipinski definition) is 3. The smallest absolute Gasteiger partial charge is 0.309 e. The molecule has 3 N–H and O–H groups in total. The van der Waals surface area contributed by atoms with Gasteiger partial charge in [0.15, 0.2) is 0 Å². The number of amides is 2. The summed E-state index contributed by atoms with van der Waals surface area (Å²) in [5, 5.41) is 5.43. The topological polar surface area (TPSA) is 65.9 Å². The van der Waals surface area contributed by atoms with Gasteiger partial charge < -0.3 is 20.4 Å². The molecular formula is C22H31N4O2+. The lowest BCUT2D eigenvalue weighted by Crippen LogP contribution is -3.07. The summed E-state index contributed by atoms with van der Waals surface area (Å²) < 4.78 is 0. The molecule has 0 saturated heterocycles. The van der Waals surface area contributed by atoms with E-state index in [4.69, 9.17) is 0 Å². The van der Waals surface area contributed by atoms with Crippen LogP contribution in [0.2, 0.25) is 0 Å². The van der Waals surface area contributed by atoms with Gasteiger partial charge in [-0.2, -0.15) is 0 Å². The van der Waals surface area contributed by atoms with Gasteiger partial charge in [-0.15, -0.1) is 0 Å². The van der Waals surface area contributed by atoms with Crippen molar-refractivity contribution in [3.05, 3.63) is 65.2 Å². The van der Waals surface area contributed by atoms with Crippen molar-refractivity contribution in [2.45, 2.75) is 19.5 Å². The zero-order chi connectivity index (χ0) is 20.7. The molecule has 6 nitrogen and oxygen atoms in total. The average molecular weight is 384 g/mol. The van der Waals surface area contributed by atoms with Crippen LogP contribution in [0.25, 0.3) is 0 Å². The Bertz CT molecular complexity index is 783. The fourth-order valence-corrected chi connectivity index (χ4v) is 2.90. The summed E-state index contributed by atoms with van der Waals surface area (Å²) in [6.45, 7) is 2.73. The van der Waals surface area contributed by atoms with Crippen molar-refractivity contribution in [2.24, 2.45) is 0 Å². The fourth-order valence-electron chi connectivity index (χ4n) is 2.90. The van der Waals surface area contributed by atoms with Gasteiger partial charge >= 0.3 is 11.8 Å². The molecule has 0 aliphatic rings. The third-order valence-electron chi connectivity index (χ3n) is 4.76. The van der Waals surface area contributed by atoms with Crippen LogP contribution in [0.4, 0.5) is 5.69 Å². The van der Waals surface area contributed by atoms with Crippen LogP contribution < -0.4 is 20.4 Å². The molecule has 2 amide bonds. The molecule has 0 spiro atoms. The second kappa shape index (κ2) is 9.90. The first kappa shape index (κ1) is 21.4. The first-order valence-electron chi connectivity index (χ1n) is 9.47. The highest BCUT2D eigenvalue weighted by atomic mass is 16.2. The van der Waals surface area contributed by atoms with Gasteiger partial charge in [-0.25, -0.2) is 0 Å². The molecule has 0 fully saturated rings. The van der Waals surface area contributed by atoms with Crippen LogP contribution >= 0.6 is 0 Å². The minimum atomic E-state index is -0.615. The number of anilines is 1. The summed E-state index contributed by atoms with van der Waals surface area (Å²) in [6, 6.07) is 16.1. The van der Waals surface area contributed by atoms with Crippen LogP contribution in [0, 0.1) is 6.92 Å². The van der Waals surface area contributed by atoms with E-state index in [9.17, 15) is 9.59 Å². The maximum absolute atomic E-state index is 12.2. The van der Waals surface area contributed by atoms with Gasteiger partial charge in [0.05, 0.1) is 20.6 Å². The predicted molar refractivity (Wildman–Crippen MR) is 112 cm³/mol. The quantitative estimate of drug-likeness (QED) is 0.616. The van der Waals surface area contributed by atoms with E-state index in [1.54, 1.807) is 0 Å². The van der Waals surface area contributed by atoms with Crippen LogP contribution in [0.15, 0.2) is 48.5 Å². The Morgan fingerprint density at radius 3 is 2.04 bits per heavy atom. The summed E-state index contributed by atoms with van der Waals surface area (Å²) in [5.41, 5.74) is 4.36. The first-order valence-corrected chi connectivity index (χ1v) is 9.47. The number of likely N-dealkylation sites (N-methyl/N-ethyl adjacent to an activating group) is 1. The molecule has 0 aromatic heterocycles. The summed E-state index contributed by atoms with van der Waals surface area (Å²) in [6.07, 6.45) is 0. The lowest BCUT2D eigenvalue weighted by Gasteiger charge is -2.23. The van der Waals surface area contributed by atoms with Gasteiger partial charge in [0.25, 0.3) is 0 Å². The van der Waals surface area contributed by atoms with Gasteiger partial charge in [-0.3, -0.25) is 9.59 Å². The van der Waals surface area contributed by atoms with Gasteiger partial charge in [0.1, 0.15) is 6.04 Å². The SMILES string of the molecule is Cc1ccc(CNC(=O)C(=O)NC[C@H](c2ccc(N(C)C)cc2)[NH+](C)C)cc1. The number of rotatable bonds is 7. The number of quaternary nitrogens is 1. The molecule has 2 aromatic rings. The van der Waals surface area contributed by atoms with E-state index >= 15 is 0 Å². The number of nitrogens with zero attached hydrogens (tertiary/aromatic N) is 1. The van der Waals surface area contributed by atoms with Crippen LogP contribution in [0.3, 0.4) is 0 Å². The van der Waals surface area contributed by atoms with E-state index in [2.05, 4.69) is 34.9 Å². The van der Waals surface area contributed by atoms with E-state index in [-0.39, 0.29) is 6.04 Å². The Hall–Kier alpha value is -2.86. The van der Waals surface area contributed by atoms with Crippen LogP contribution in [0.1, 0.15) is 22.7 Å². The van der Waals surface area contributed by atoms with Crippen molar-refractivity contribution in [1.82, 2.24) is 10.6 Å². The summed E-state index contributed by atoms with van der Waals surface area (Å²) in [4.78, 5) is 27.5. The van der Waals surface area contributed by atoms with E-state index < -0.39 is 11.8 Å². The second-order valence-electron chi connectivity index (χ2n) is 7.49. The normalized spacial score (nSPS) is 11.8. The molecule has 2 aromatic carbocycles. The Morgan fingerprint density at radius 2 is 1.50 bits per heavy atom. The molecule has 150 valence electrons. The Kier molecular flexibility index (Phi) is 7.58. The molecule has 0 unspecified atom stereocenters. The Morgan fingerprint density at radius 1 is 0.929 bits per heavy atom. The van der Waals surface area contributed by atoms with Crippen molar-refractivity contribution in [3.8, 4) is 0 Å².